The average molecular weight is 459 g/mol. The van der Waals surface area contributed by atoms with Gasteiger partial charge in [-0.2, -0.15) is 0 Å². The van der Waals surface area contributed by atoms with Crippen LogP contribution in [-0.4, -0.2) is 15.5 Å². The SMILES string of the molecule is O=C(Nc1cccc(I)c1)c1ccc2c(=O)n3c(nc2c1)CCCCC3. The summed E-state index contributed by atoms with van der Waals surface area (Å²) in [4.78, 5) is 30.0. The van der Waals surface area contributed by atoms with Gasteiger partial charge in [0.25, 0.3) is 11.5 Å². The molecular formula is C20H18IN3O2. The Kier molecular flexibility index (Phi) is 4.76. The quantitative estimate of drug-likeness (QED) is 0.590. The van der Waals surface area contributed by atoms with Crippen LogP contribution in [0.15, 0.2) is 47.3 Å². The van der Waals surface area contributed by atoms with Gasteiger partial charge in [0.2, 0.25) is 0 Å². The summed E-state index contributed by atoms with van der Waals surface area (Å²) in [5.41, 5.74) is 1.84. The minimum Gasteiger partial charge on any atom is -0.322 e. The topological polar surface area (TPSA) is 64.0 Å². The number of nitrogens with one attached hydrogen (secondary N) is 1. The van der Waals surface area contributed by atoms with Crippen LogP contribution >= 0.6 is 22.6 Å². The van der Waals surface area contributed by atoms with Gasteiger partial charge in [-0.15, -0.1) is 0 Å². The van der Waals surface area contributed by atoms with Crippen LogP contribution in [0.2, 0.25) is 0 Å². The number of carbonyl (C=O) groups is 1. The van der Waals surface area contributed by atoms with Crippen LogP contribution in [0.4, 0.5) is 5.69 Å². The Labute approximate surface area is 164 Å². The average Bonchev–Trinajstić information content (AvgIpc) is 2.87. The van der Waals surface area contributed by atoms with Gasteiger partial charge >= 0.3 is 0 Å². The summed E-state index contributed by atoms with van der Waals surface area (Å²) in [6, 6.07) is 12.7. The second-order valence-electron chi connectivity index (χ2n) is 6.49. The Morgan fingerprint density at radius 1 is 1.12 bits per heavy atom. The molecule has 1 N–H and O–H groups in total. The van der Waals surface area contributed by atoms with E-state index >= 15 is 0 Å². The van der Waals surface area contributed by atoms with Gasteiger partial charge in [0.1, 0.15) is 5.82 Å². The molecule has 0 unspecified atom stereocenters. The van der Waals surface area contributed by atoms with E-state index in [-0.39, 0.29) is 11.5 Å². The van der Waals surface area contributed by atoms with E-state index in [1.807, 2.05) is 24.3 Å². The van der Waals surface area contributed by atoms with E-state index in [9.17, 15) is 9.59 Å². The highest BCUT2D eigenvalue weighted by Gasteiger charge is 2.15. The first kappa shape index (κ1) is 17.2. The maximum Gasteiger partial charge on any atom is 0.261 e. The summed E-state index contributed by atoms with van der Waals surface area (Å²) < 4.78 is 2.84. The number of benzene rings is 2. The normalized spacial score (nSPS) is 13.9. The molecule has 0 saturated carbocycles. The molecule has 4 rings (SSSR count). The van der Waals surface area contributed by atoms with Gasteiger partial charge in [0.15, 0.2) is 0 Å². The second-order valence-corrected chi connectivity index (χ2v) is 7.74. The van der Waals surface area contributed by atoms with Crippen molar-refractivity contribution in [1.29, 1.82) is 0 Å². The van der Waals surface area contributed by atoms with Gasteiger partial charge in [0, 0.05) is 27.8 Å². The predicted octanol–water partition coefficient (Wildman–Crippen LogP) is 3.98. The summed E-state index contributed by atoms with van der Waals surface area (Å²) in [5.74, 6) is 0.626. The molecule has 2 heterocycles. The molecule has 1 aliphatic rings. The molecule has 6 heteroatoms. The van der Waals surface area contributed by atoms with Gasteiger partial charge in [-0.25, -0.2) is 4.98 Å². The zero-order valence-corrected chi connectivity index (χ0v) is 16.3. The van der Waals surface area contributed by atoms with Crippen molar-refractivity contribution in [2.75, 3.05) is 5.32 Å². The van der Waals surface area contributed by atoms with Crippen molar-refractivity contribution >= 4 is 45.1 Å². The Morgan fingerprint density at radius 3 is 2.85 bits per heavy atom. The van der Waals surface area contributed by atoms with Crippen LogP contribution in [0.1, 0.15) is 35.4 Å². The number of hydrogen-bond acceptors (Lipinski definition) is 3. The van der Waals surface area contributed by atoms with Crippen LogP contribution < -0.4 is 10.9 Å². The lowest BCUT2D eigenvalue weighted by Gasteiger charge is -2.11. The van der Waals surface area contributed by atoms with E-state index in [1.54, 1.807) is 22.8 Å². The summed E-state index contributed by atoms with van der Waals surface area (Å²) in [6.07, 6.45) is 3.98. The number of rotatable bonds is 2. The highest BCUT2D eigenvalue weighted by atomic mass is 127. The summed E-state index contributed by atoms with van der Waals surface area (Å²) >= 11 is 2.21. The molecular weight excluding hydrogens is 441 g/mol. The van der Waals surface area contributed by atoms with Crippen molar-refractivity contribution in [1.82, 2.24) is 9.55 Å². The lowest BCUT2D eigenvalue weighted by atomic mass is 10.1. The van der Waals surface area contributed by atoms with Crippen LogP contribution in [0.5, 0.6) is 0 Å². The van der Waals surface area contributed by atoms with Crippen molar-refractivity contribution < 1.29 is 4.79 Å². The summed E-state index contributed by atoms with van der Waals surface area (Å²) in [6.45, 7) is 0.728. The number of hydrogen-bond donors (Lipinski definition) is 1. The molecule has 0 radical (unpaired) electrons. The minimum absolute atomic E-state index is 0.00327. The van der Waals surface area contributed by atoms with E-state index < -0.39 is 0 Å². The molecule has 0 aliphatic carbocycles. The van der Waals surface area contributed by atoms with E-state index in [1.165, 1.54) is 0 Å². The van der Waals surface area contributed by atoms with Crippen molar-refractivity contribution in [3.8, 4) is 0 Å². The predicted molar refractivity (Wildman–Crippen MR) is 111 cm³/mol. The first-order valence-corrected chi connectivity index (χ1v) is 9.80. The maximum absolute atomic E-state index is 12.8. The molecule has 0 saturated heterocycles. The van der Waals surface area contributed by atoms with Gasteiger partial charge in [-0.05, 0) is 71.8 Å². The Morgan fingerprint density at radius 2 is 2.00 bits per heavy atom. The van der Waals surface area contributed by atoms with Crippen molar-refractivity contribution in [2.45, 2.75) is 32.2 Å². The molecule has 2 aromatic carbocycles. The van der Waals surface area contributed by atoms with E-state index in [4.69, 9.17) is 0 Å². The van der Waals surface area contributed by atoms with Crippen LogP contribution in [-0.2, 0) is 13.0 Å². The highest BCUT2D eigenvalue weighted by molar-refractivity contribution is 14.1. The first-order valence-electron chi connectivity index (χ1n) is 8.72. The Balaban J connectivity index is 1.71. The smallest absolute Gasteiger partial charge is 0.261 e. The molecule has 1 amide bonds. The summed E-state index contributed by atoms with van der Waals surface area (Å²) in [5, 5.41) is 3.47. The molecule has 1 aliphatic heterocycles. The highest BCUT2D eigenvalue weighted by Crippen LogP contribution is 2.18. The fraction of sp³-hybridized carbons (Fsp3) is 0.250. The third kappa shape index (κ3) is 3.38. The third-order valence-corrected chi connectivity index (χ3v) is 5.33. The molecule has 0 spiro atoms. The van der Waals surface area contributed by atoms with E-state index in [0.717, 1.165) is 47.3 Å². The standard InChI is InChI=1S/C20H18IN3O2/c21-14-5-4-6-15(12-14)22-19(25)13-8-9-16-17(11-13)23-18-7-2-1-3-10-24(18)20(16)26/h4-6,8-9,11-12H,1-3,7,10H2,(H,22,25). The first-order chi connectivity index (χ1) is 12.6. The van der Waals surface area contributed by atoms with E-state index in [0.29, 0.717) is 16.5 Å². The zero-order chi connectivity index (χ0) is 18.1. The summed E-state index contributed by atoms with van der Waals surface area (Å²) in [7, 11) is 0. The van der Waals surface area contributed by atoms with Crippen molar-refractivity contribution in [3.05, 3.63) is 67.8 Å². The largest absolute Gasteiger partial charge is 0.322 e. The number of halogens is 1. The third-order valence-electron chi connectivity index (χ3n) is 4.66. The monoisotopic (exact) mass is 459 g/mol. The molecule has 0 bridgehead atoms. The molecule has 1 aromatic heterocycles. The van der Waals surface area contributed by atoms with Crippen LogP contribution in [0.25, 0.3) is 10.9 Å². The fourth-order valence-corrected chi connectivity index (χ4v) is 3.87. The van der Waals surface area contributed by atoms with Gasteiger partial charge < -0.3 is 5.32 Å². The number of anilines is 1. The zero-order valence-electron chi connectivity index (χ0n) is 14.2. The van der Waals surface area contributed by atoms with Gasteiger partial charge in [0.05, 0.1) is 10.9 Å². The Hall–Kier alpha value is -2.22. The lowest BCUT2D eigenvalue weighted by Crippen LogP contribution is -2.24. The fourth-order valence-electron chi connectivity index (χ4n) is 3.33. The van der Waals surface area contributed by atoms with Crippen molar-refractivity contribution in [3.63, 3.8) is 0 Å². The molecule has 26 heavy (non-hydrogen) atoms. The van der Waals surface area contributed by atoms with Crippen LogP contribution in [0, 0.1) is 3.57 Å². The number of aromatic nitrogens is 2. The molecule has 5 nitrogen and oxygen atoms in total. The van der Waals surface area contributed by atoms with Crippen molar-refractivity contribution in [2.24, 2.45) is 0 Å². The number of aryl methyl sites for hydroxylation is 1. The van der Waals surface area contributed by atoms with Gasteiger partial charge in [-0.1, -0.05) is 12.5 Å². The number of fused-ring (bicyclic) bond motifs is 2. The van der Waals surface area contributed by atoms with E-state index in [2.05, 4.69) is 32.9 Å². The molecule has 3 aromatic rings. The number of nitrogens with zero attached hydrogens (tertiary/aromatic N) is 2. The van der Waals surface area contributed by atoms with Crippen LogP contribution in [0.3, 0.4) is 0 Å². The number of carbonyl (C=O) groups excluding carboxylic acids is 1. The molecule has 132 valence electrons. The minimum atomic E-state index is -0.203. The number of amides is 1. The molecule has 0 atom stereocenters. The lowest BCUT2D eigenvalue weighted by molar-refractivity contribution is 0.102. The Bertz CT molecular complexity index is 1060. The maximum atomic E-state index is 12.8. The second kappa shape index (κ2) is 7.19. The van der Waals surface area contributed by atoms with Gasteiger partial charge in [-0.3, -0.25) is 14.2 Å². The molecule has 0 fully saturated rings.